The highest BCUT2D eigenvalue weighted by molar-refractivity contribution is 14.0. The van der Waals surface area contributed by atoms with Crippen LogP contribution in [0.3, 0.4) is 0 Å². The van der Waals surface area contributed by atoms with Crippen molar-refractivity contribution in [2.75, 3.05) is 11.9 Å². The zero-order valence-corrected chi connectivity index (χ0v) is 17.0. The molecule has 0 spiro atoms. The van der Waals surface area contributed by atoms with Gasteiger partial charge in [-0.2, -0.15) is 0 Å². The molecule has 0 saturated carbocycles. The fourth-order valence-corrected chi connectivity index (χ4v) is 3.05. The predicted octanol–water partition coefficient (Wildman–Crippen LogP) is 4.42. The number of hydrogen-bond acceptors (Lipinski definition) is 3. The summed E-state index contributed by atoms with van der Waals surface area (Å²) < 4.78 is 0. The number of aryl methyl sites for hydroxylation is 2. The van der Waals surface area contributed by atoms with Crippen LogP contribution in [0.5, 0.6) is 0 Å². The van der Waals surface area contributed by atoms with E-state index in [1.165, 1.54) is 11.1 Å². The number of para-hydroxylation sites is 1. The minimum atomic E-state index is 0. The number of benzene rings is 1. The van der Waals surface area contributed by atoms with E-state index in [-0.39, 0.29) is 29.9 Å². The lowest BCUT2D eigenvalue weighted by molar-refractivity contribution is 0.766. The maximum absolute atomic E-state index is 6.08. The van der Waals surface area contributed by atoms with Crippen molar-refractivity contribution in [2.24, 2.45) is 10.7 Å². The fourth-order valence-electron chi connectivity index (χ4n) is 2.36. The van der Waals surface area contributed by atoms with E-state index < -0.39 is 0 Å². The van der Waals surface area contributed by atoms with E-state index in [0.717, 1.165) is 23.5 Å². The molecule has 23 heavy (non-hydrogen) atoms. The van der Waals surface area contributed by atoms with Crippen LogP contribution in [0.1, 0.15) is 42.8 Å². The summed E-state index contributed by atoms with van der Waals surface area (Å²) in [5, 5.41) is 6.38. The van der Waals surface area contributed by atoms with E-state index in [0.29, 0.717) is 12.5 Å². The third-order valence-corrected chi connectivity index (χ3v) is 4.67. The van der Waals surface area contributed by atoms with Gasteiger partial charge in [-0.15, -0.1) is 35.3 Å². The molecule has 0 amide bonds. The van der Waals surface area contributed by atoms with Crippen LogP contribution in [-0.2, 0) is 12.8 Å². The van der Waals surface area contributed by atoms with Crippen LogP contribution in [0.25, 0.3) is 0 Å². The van der Waals surface area contributed by atoms with Crippen molar-refractivity contribution >= 4 is 47.0 Å². The average Bonchev–Trinajstić information content (AvgIpc) is 3.07. The van der Waals surface area contributed by atoms with Gasteiger partial charge in [-0.05, 0) is 24.0 Å². The smallest absolute Gasteiger partial charge is 0.193 e. The Bertz CT molecular complexity index is 603. The molecular formula is C17H25IN4S. The van der Waals surface area contributed by atoms with Crippen LogP contribution in [-0.4, -0.2) is 17.5 Å². The Balaban J connectivity index is 0.00000264. The van der Waals surface area contributed by atoms with Gasteiger partial charge in [0.25, 0.3) is 0 Å². The maximum Gasteiger partial charge on any atom is 0.193 e. The van der Waals surface area contributed by atoms with Crippen molar-refractivity contribution in [1.82, 2.24) is 4.98 Å². The van der Waals surface area contributed by atoms with Gasteiger partial charge in [0, 0.05) is 23.2 Å². The van der Waals surface area contributed by atoms with E-state index in [4.69, 9.17) is 5.73 Å². The summed E-state index contributed by atoms with van der Waals surface area (Å²) >= 11 is 1.66. The van der Waals surface area contributed by atoms with Crippen LogP contribution in [0.4, 0.5) is 5.69 Å². The maximum atomic E-state index is 6.08. The van der Waals surface area contributed by atoms with Crippen LogP contribution in [0.15, 0.2) is 34.8 Å². The van der Waals surface area contributed by atoms with Gasteiger partial charge in [0.15, 0.2) is 5.96 Å². The first-order valence-corrected chi connectivity index (χ1v) is 8.60. The minimum absolute atomic E-state index is 0. The second-order valence-electron chi connectivity index (χ2n) is 5.28. The Morgan fingerprint density at radius 1 is 1.30 bits per heavy atom. The molecule has 0 radical (unpaired) electrons. The number of halogens is 1. The normalized spacial score (nSPS) is 12.6. The van der Waals surface area contributed by atoms with Gasteiger partial charge in [0.2, 0.25) is 0 Å². The average molecular weight is 444 g/mol. The number of nitrogens with one attached hydrogen (secondary N) is 1. The van der Waals surface area contributed by atoms with E-state index in [2.05, 4.69) is 54.3 Å². The highest BCUT2D eigenvalue weighted by atomic mass is 127. The Labute approximate surface area is 159 Å². The second-order valence-corrected chi connectivity index (χ2v) is 6.21. The predicted molar refractivity (Wildman–Crippen MR) is 111 cm³/mol. The Morgan fingerprint density at radius 3 is 2.48 bits per heavy atom. The van der Waals surface area contributed by atoms with Crippen molar-refractivity contribution in [3.8, 4) is 0 Å². The zero-order valence-electron chi connectivity index (χ0n) is 13.9. The molecule has 1 unspecified atom stereocenters. The molecule has 1 aromatic carbocycles. The van der Waals surface area contributed by atoms with Gasteiger partial charge < -0.3 is 11.1 Å². The van der Waals surface area contributed by atoms with Crippen molar-refractivity contribution in [2.45, 2.75) is 39.5 Å². The molecule has 4 nitrogen and oxygen atoms in total. The number of rotatable bonds is 6. The lowest BCUT2D eigenvalue weighted by Crippen LogP contribution is -2.25. The number of nitrogens with two attached hydrogens (primary N) is 1. The molecule has 0 saturated heterocycles. The molecule has 2 rings (SSSR count). The number of anilines is 1. The summed E-state index contributed by atoms with van der Waals surface area (Å²) in [5.41, 5.74) is 9.72. The molecule has 1 atom stereocenters. The summed E-state index contributed by atoms with van der Waals surface area (Å²) in [5.74, 6) is 0.756. The molecule has 0 aliphatic heterocycles. The number of thiazole rings is 1. The molecule has 1 heterocycles. The van der Waals surface area contributed by atoms with Crippen LogP contribution in [0, 0.1) is 0 Å². The van der Waals surface area contributed by atoms with Gasteiger partial charge >= 0.3 is 0 Å². The van der Waals surface area contributed by atoms with Gasteiger partial charge in [0.1, 0.15) is 0 Å². The van der Waals surface area contributed by atoms with E-state index in [1.807, 2.05) is 11.6 Å². The number of guanidine groups is 1. The molecule has 3 N–H and O–H groups in total. The molecular weight excluding hydrogens is 419 g/mol. The molecule has 0 bridgehead atoms. The number of nitrogens with zero attached hydrogens (tertiary/aromatic N) is 2. The summed E-state index contributed by atoms with van der Waals surface area (Å²) in [4.78, 5) is 8.80. The number of aliphatic imine (C=N–C) groups is 1. The van der Waals surface area contributed by atoms with E-state index in [1.54, 1.807) is 11.3 Å². The number of aromatic nitrogens is 1. The van der Waals surface area contributed by atoms with Gasteiger partial charge in [0.05, 0.1) is 11.6 Å². The zero-order chi connectivity index (χ0) is 15.9. The monoisotopic (exact) mass is 444 g/mol. The van der Waals surface area contributed by atoms with Gasteiger partial charge in [-0.1, -0.05) is 39.0 Å². The van der Waals surface area contributed by atoms with E-state index in [9.17, 15) is 0 Å². The summed E-state index contributed by atoms with van der Waals surface area (Å²) in [6, 6.07) is 6.36. The highest BCUT2D eigenvalue weighted by Gasteiger charge is 2.09. The van der Waals surface area contributed by atoms with Crippen molar-refractivity contribution in [3.63, 3.8) is 0 Å². The Kier molecular flexibility index (Phi) is 8.54. The fraction of sp³-hybridized carbons (Fsp3) is 0.412. The molecule has 0 fully saturated rings. The van der Waals surface area contributed by atoms with Gasteiger partial charge in [-0.3, -0.25) is 4.99 Å². The molecule has 0 aliphatic carbocycles. The summed E-state index contributed by atoms with van der Waals surface area (Å²) in [6.45, 7) is 7.06. The largest absolute Gasteiger partial charge is 0.370 e. The lowest BCUT2D eigenvalue weighted by atomic mass is 10.0. The standard InChI is InChI=1S/C17H24N4S.HI/c1-4-13-7-6-8-14(5-2)15(13)21-17(18)20-11-12(3)16-19-9-10-22-16;/h6-10,12H,4-5,11H2,1-3H3,(H3,18,20,21);1H. The highest BCUT2D eigenvalue weighted by Crippen LogP contribution is 2.22. The molecule has 1 aromatic heterocycles. The van der Waals surface area contributed by atoms with Crippen molar-refractivity contribution < 1.29 is 0 Å². The van der Waals surface area contributed by atoms with Gasteiger partial charge in [-0.25, -0.2) is 4.98 Å². The third kappa shape index (κ3) is 5.46. The first kappa shape index (κ1) is 19.9. The second kappa shape index (κ2) is 9.87. The third-order valence-electron chi connectivity index (χ3n) is 3.66. The van der Waals surface area contributed by atoms with E-state index >= 15 is 0 Å². The van der Waals surface area contributed by atoms with Crippen LogP contribution < -0.4 is 11.1 Å². The Hall–Kier alpha value is -1.15. The molecule has 6 heteroatoms. The van der Waals surface area contributed by atoms with Crippen LogP contribution >= 0.6 is 35.3 Å². The molecule has 126 valence electrons. The quantitative estimate of drug-likeness (QED) is 0.394. The van der Waals surface area contributed by atoms with Crippen molar-refractivity contribution in [3.05, 3.63) is 45.9 Å². The lowest BCUT2D eigenvalue weighted by Gasteiger charge is -2.15. The first-order chi connectivity index (χ1) is 10.7. The van der Waals surface area contributed by atoms with Crippen molar-refractivity contribution in [1.29, 1.82) is 0 Å². The van der Waals surface area contributed by atoms with Crippen LogP contribution in [0.2, 0.25) is 0 Å². The Morgan fingerprint density at radius 2 is 1.96 bits per heavy atom. The SMILES string of the molecule is CCc1cccc(CC)c1NC(N)=NCC(C)c1nccs1.I. The number of hydrogen-bond donors (Lipinski definition) is 2. The first-order valence-electron chi connectivity index (χ1n) is 7.72. The topological polar surface area (TPSA) is 63.3 Å². The summed E-state index contributed by atoms with van der Waals surface area (Å²) in [7, 11) is 0. The summed E-state index contributed by atoms with van der Waals surface area (Å²) in [6.07, 6.45) is 3.77. The minimum Gasteiger partial charge on any atom is -0.370 e. The molecule has 0 aliphatic rings. The molecule has 2 aromatic rings.